The number of nitrogens with zero attached hydrogens (tertiary/aromatic N) is 1. The fraction of sp³-hybridized carbons (Fsp3) is 0.211. The smallest absolute Gasteiger partial charge is 0.339 e. The summed E-state index contributed by atoms with van der Waals surface area (Å²) in [6.45, 7) is 1.63. The number of H-pyrrole nitrogens is 1. The molecule has 0 amide bonds. The van der Waals surface area contributed by atoms with Crippen LogP contribution in [0.5, 0.6) is 0 Å². The SMILES string of the molecule is CCCS(=O)(=O)Nc1ccc(F)c(C(=O)c2c[nH]c3ncc(C(=O)OC)cc23)c1F. The normalized spacial score (nSPS) is 11.5. The number of pyridine rings is 1. The summed E-state index contributed by atoms with van der Waals surface area (Å²) in [7, 11) is -2.69. The highest BCUT2D eigenvalue weighted by molar-refractivity contribution is 7.92. The maximum Gasteiger partial charge on any atom is 0.339 e. The average molecular weight is 437 g/mol. The van der Waals surface area contributed by atoms with Gasteiger partial charge in [0, 0.05) is 23.3 Å². The van der Waals surface area contributed by atoms with Crippen LogP contribution in [-0.4, -0.2) is 43.0 Å². The van der Waals surface area contributed by atoms with Crippen LogP contribution >= 0.6 is 0 Å². The molecular weight excluding hydrogens is 420 g/mol. The number of benzene rings is 1. The minimum absolute atomic E-state index is 0.0423. The van der Waals surface area contributed by atoms with Crippen molar-refractivity contribution in [2.45, 2.75) is 13.3 Å². The van der Waals surface area contributed by atoms with Crippen LogP contribution in [0, 0.1) is 11.6 Å². The molecule has 158 valence electrons. The maximum absolute atomic E-state index is 14.9. The van der Waals surface area contributed by atoms with E-state index >= 15 is 0 Å². The van der Waals surface area contributed by atoms with Crippen LogP contribution < -0.4 is 4.72 Å². The second-order valence-corrected chi connectivity index (χ2v) is 8.19. The lowest BCUT2D eigenvalue weighted by Gasteiger charge is -2.11. The zero-order valence-electron chi connectivity index (χ0n) is 16.0. The number of hydrogen-bond acceptors (Lipinski definition) is 6. The number of halogens is 2. The summed E-state index contributed by atoms with van der Waals surface area (Å²) < 4.78 is 59.8. The molecule has 11 heteroatoms. The van der Waals surface area contributed by atoms with Crippen molar-refractivity contribution >= 4 is 38.5 Å². The summed E-state index contributed by atoms with van der Waals surface area (Å²) >= 11 is 0. The molecule has 0 atom stereocenters. The third-order valence-electron chi connectivity index (χ3n) is 4.25. The quantitative estimate of drug-likeness (QED) is 0.433. The Morgan fingerprint density at radius 1 is 1.27 bits per heavy atom. The number of methoxy groups -OCH3 is 1. The summed E-state index contributed by atoms with van der Waals surface area (Å²) in [5.74, 6) is -4.52. The summed E-state index contributed by atoms with van der Waals surface area (Å²) in [6, 6.07) is 3.01. The minimum atomic E-state index is -3.86. The lowest BCUT2D eigenvalue weighted by molar-refractivity contribution is 0.0600. The van der Waals surface area contributed by atoms with Gasteiger partial charge in [0.05, 0.1) is 29.7 Å². The Hall–Kier alpha value is -3.34. The van der Waals surface area contributed by atoms with Gasteiger partial charge in [-0.25, -0.2) is 27.0 Å². The molecule has 2 N–H and O–H groups in total. The fourth-order valence-corrected chi connectivity index (χ4v) is 4.01. The average Bonchev–Trinajstić information content (AvgIpc) is 3.12. The summed E-state index contributed by atoms with van der Waals surface area (Å²) in [5.41, 5.74) is -1.36. The van der Waals surface area contributed by atoms with Crippen molar-refractivity contribution < 1.29 is 31.5 Å². The van der Waals surface area contributed by atoms with Gasteiger partial charge in [-0.15, -0.1) is 0 Å². The fourth-order valence-electron chi connectivity index (χ4n) is 2.88. The molecule has 0 spiro atoms. The van der Waals surface area contributed by atoms with Crippen LogP contribution in [0.3, 0.4) is 0 Å². The number of aromatic amines is 1. The first-order valence-corrected chi connectivity index (χ1v) is 10.4. The summed E-state index contributed by atoms with van der Waals surface area (Å²) in [6.07, 6.45) is 2.71. The van der Waals surface area contributed by atoms with Gasteiger partial charge in [0.2, 0.25) is 15.8 Å². The van der Waals surface area contributed by atoms with Gasteiger partial charge in [0.25, 0.3) is 0 Å². The van der Waals surface area contributed by atoms with E-state index in [4.69, 9.17) is 0 Å². The topological polar surface area (TPSA) is 118 Å². The Labute approximate surface area is 170 Å². The molecule has 0 unspecified atom stereocenters. The number of rotatable bonds is 7. The van der Waals surface area contributed by atoms with E-state index in [9.17, 15) is 26.8 Å². The first-order valence-electron chi connectivity index (χ1n) is 8.77. The number of carbonyl (C=O) groups is 2. The molecule has 0 aliphatic carbocycles. The van der Waals surface area contributed by atoms with Gasteiger partial charge in [-0.05, 0) is 24.6 Å². The molecule has 30 heavy (non-hydrogen) atoms. The zero-order chi connectivity index (χ0) is 22.1. The number of aromatic nitrogens is 2. The number of carbonyl (C=O) groups excluding carboxylic acids is 2. The Morgan fingerprint density at radius 2 is 2.00 bits per heavy atom. The van der Waals surface area contributed by atoms with E-state index in [-0.39, 0.29) is 34.3 Å². The largest absolute Gasteiger partial charge is 0.465 e. The van der Waals surface area contributed by atoms with Crippen molar-refractivity contribution in [2.75, 3.05) is 17.6 Å². The van der Waals surface area contributed by atoms with E-state index in [1.54, 1.807) is 6.92 Å². The minimum Gasteiger partial charge on any atom is -0.465 e. The van der Waals surface area contributed by atoms with Crippen molar-refractivity contribution in [2.24, 2.45) is 0 Å². The number of sulfonamides is 1. The lowest BCUT2D eigenvalue weighted by atomic mass is 10.0. The van der Waals surface area contributed by atoms with Gasteiger partial charge in [-0.1, -0.05) is 6.92 Å². The van der Waals surface area contributed by atoms with Crippen LogP contribution in [0.4, 0.5) is 14.5 Å². The summed E-state index contributed by atoms with van der Waals surface area (Å²) in [5, 5.41) is 0.152. The van der Waals surface area contributed by atoms with Gasteiger partial charge < -0.3 is 9.72 Å². The van der Waals surface area contributed by atoms with Crippen LogP contribution in [0.1, 0.15) is 39.6 Å². The number of hydrogen-bond donors (Lipinski definition) is 2. The number of ketones is 1. The molecule has 0 bridgehead atoms. The van der Waals surface area contributed by atoms with Crippen molar-refractivity contribution in [3.8, 4) is 0 Å². The van der Waals surface area contributed by atoms with Crippen LogP contribution in [0.15, 0.2) is 30.6 Å². The van der Waals surface area contributed by atoms with E-state index in [1.807, 2.05) is 4.72 Å². The molecule has 0 aliphatic rings. The molecule has 0 aliphatic heterocycles. The van der Waals surface area contributed by atoms with Gasteiger partial charge >= 0.3 is 5.97 Å². The van der Waals surface area contributed by atoms with E-state index < -0.39 is 44.7 Å². The zero-order valence-corrected chi connectivity index (χ0v) is 16.8. The highest BCUT2D eigenvalue weighted by atomic mass is 32.2. The predicted molar refractivity (Wildman–Crippen MR) is 105 cm³/mol. The Bertz CT molecular complexity index is 1250. The monoisotopic (exact) mass is 437 g/mol. The molecule has 0 saturated heterocycles. The van der Waals surface area contributed by atoms with Crippen LogP contribution in [0.25, 0.3) is 11.0 Å². The van der Waals surface area contributed by atoms with Crippen molar-refractivity contribution in [1.29, 1.82) is 0 Å². The molecule has 3 rings (SSSR count). The van der Waals surface area contributed by atoms with Gasteiger partial charge in [-0.2, -0.15) is 0 Å². The van der Waals surface area contributed by atoms with Crippen LogP contribution in [0.2, 0.25) is 0 Å². The van der Waals surface area contributed by atoms with E-state index in [1.165, 1.54) is 25.6 Å². The molecule has 2 aromatic heterocycles. The number of anilines is 1. The predicted octanol–water partition coefficient (Wildman–Crippen LogP) is 3.01. The molecule has 0 saturated carbocycles. The number of nitrogens with one attached hydrogen (secondary N) is 2. The number of fused-ring (bicyclic) bond motifs is 1. The van der Waals surface area contributed by atoms with Gasteiger partial charge in [0.1, 0.15) is 11.5 Å². The Morgan fingerprint density at radius 3 is 2.67 bits per heavy atom. The Kier molecular flexibility index (Phi) is 5.83. The van der Waals surface area contributed by atoms with Crippen LogP contribution in [-0.2, 0) is 14.8 Å². The molecule has 0 fully saturated rings. The van der Waals surface area contributed by atoms with E-state index in [0.29, 0.717) is 0 Å². The highest BCUT2D eigenvalue weighted by Gasteiger charge is 2.26. The Balaban J connectivity index is 2.09. The third-order valence-corrected chi connectivity index (χ3v) is 5.73. The molecular formula is C19H17F2N3O5S. The summed E-state index contributed by atoms with van der Waals surface area (Å²) in [4.78, 5) is 31.3. The lowest BCUT2D eigenvalue weighted by Crippen LogP contribution is -2.18. The molecule has 8 nitrogen and oxygen atoms in total. The third kappa shape index (κ3) is 4.01. The highest BCUT2D eigenvalue weighted by Crippen LogP contribution is 2.27. The first kappa shape index (κ1) is 21.4. The second kappa shape index (κ2) is 8.19. The second-order valence-electron chi connectivity index (χ2n) is 6.35. The molecule has 0 radical (unpaired) electrons. The molecule has 2 heterocycles. The standard InChI is InChI=1S/C19H17F2N3O5S/c1-3-6-30(27,28)24-14-5-4-13(20)15(16(14)21)17(25)12-9-23-18-11(12)7-10(8-22-18)19(26)29-2/h4-5,7-9,24H,3,6H2,1-2H3,(H,22,23). The van der Waals surface area contributed by atoms with Crippen molar-refractivity contribution in [1.82, 2.24) is 9.97 Å². The number of esters is 1. The van der Waals surface area contributed by atoms with E-state index in [2.05, 4.69) is 14.7 Å². The van der Waals surface area contributed by atoms with E-state index in [0.717, 1.165) is 12.1 Å². The number of ether oxygens (including phenoxy) is 1. The first-order chi connectivity index (χ1) is 14.2. The maximum atomic E-state index is 14.9. The van der Waals surface area contributed by atoms with Crippen molar-refractivity contribution in [3.05, 3.63) is 58.9 Å². The van der Waals surface area contributed by atoms with Gasteiger partial charge in [0.15, 0.2) is 5.82 Å². The molecule has 3 aromatic rings. The molecule has 1 aromatic carbocycles. The van der Waals surface area contributed by atoms with Gasteiger partial charge in [-0.3, -0.25) is 9.52 Å². The van der Waals surface area contributed by atoms with Crippen molar-refractivity contribution in [3.63, 3.8) is 0 Å².